The van der Waals surface area contributed by atoms with Crippen molar-refractivity contribution in [2.45, 2.75) is 38.5 Å². The minimum absolute atomic E-state index is 0. The second-order valence-corrected chi connectivity index (χ2v) is 6.47. The molecule has 5 N–H and O–H groups in total. The van der Waals surface area contributed by atoms with Gasteiger partial charge in [0.25, 0.3) is 0 Å². The first kappa shape index (κ1) is 23.9. The summed E-state index contributed by atoms with van der Waals surface area (Å²) in [5.41, 5.74) is 0.676. The van der Waals surface area contributed by atoms with Crippen LogP contribution in [0.1, 0.15) is 19.4 Å². The van der Waals surface area contributed by atoms with Crippen LogP contribution in [0.25, 0.3) is 0 Å². The molecule has 0 heterocycles. The van der Waals surface area contributed by atoms with Crippen LogP contribution in [0.15, 0.2) is 18.2 Å². The molecule has 1 rings (SSSR count). The summed E-state index contributed by atoms with van der Waals surface area (Å²) in [5, 5.41) is 32.7. The molecule has 2 amide bonds. The summed E-state index contributed by atoms with van der Waals surface area (Å²) >= 11 is 1.93. The Morgan fingerprint density at radius 2 is 1.84 bits per heavy atom. The van der Waals surface area contributed by atoms with Crippen molar-refractivity contribution in [1.29, 1.82) is 0 Å². The highest BCUT2D eigenvalue weighted by atomic mass is 127. The van der Waals surface area contributed by atoms with Gasteiger partial charge in [-0.3, -0.25) is 9.59 Å². The number of halogens is 2. The van der Waals surface area contributed by atoms with Gasteiger partial charge in [-0.2, -0.15) is 0 Å². The molecule has 0 aliphatic carbocycles. The van der Waals surface area contributed by atoms with Gasteiger partial charge in [0.05, 0.1) is 9.67 Å². The number of amides is 2. The minimum atomic E-state index is -1.48. The number of phenolic OH excluding ortho intramolecular Hbond substituents is 1. The Morgan fingerprint density at radius 1 is 1.24 bits per heavy atom. The number of rotatable bonds is 7. The Morgan fingerprint density at radius 3 is 2.28 bits per heavy atom. The van der Waals surface area contributed by atoms with Crippen LogP contribution in [0.2, 0.25) is 0 Å². The first-order valence-corrected chi connectivity index (χ1v) is 8.15. The van der Waals surface area contributed by atoms with E-state index in [2.05, 4.69) is 10.6 Å². The van der Waals surface area contributed by atoms with E-state index < -0.39 is 36.0 Å². The van der Waals surface area contributed by atoms with Gasteiger partial charge in [0.2, 0.25) is 11.8 Å². The van der Waals surface area contributed by atoms with Gasteiger partial charge in [-0.1, -0.05) is 6.07 Å². The van der Waals surface area contributed by atoms with Crippen molar-refractivity contribution in [2.24, 2.45) is 0 Å². The quantitative estimate of drug-likeness (QED) is 0.220. The van der Waals surface area contributed by atoms with Crippen molar-refractivity contribution < 1.29 is 53.7 Å². The summed E-state index contributed by atoms with van der Waals surface area (Å²) < 4.78 is 0.583. The van der Waals surface area contributed by atoms with Crippen LogP contribution in [-0.2, 0) is 20.8 Å². The molecule has 0 bridgehead atoms. The number of hydrogen-bond donors (Lipinski definition) is 5. The Labute approximate surface area is 175 Å². The maximum Gasteiger partial charge on any atom is 0.328 e. The molecule has 0 aliphatic rings. The number of carboxylic acids is 1. The van der Waals surface area contributed by atoms with Gasteiger partial charge in [0.1, 0.15) is 11.8 Å². The number of carbonyl (C=O) groups is 3. The Balaban J connectivity index is 0.00000576. The summed E-state index contributed by atoms with van der Waals surface area (Å²) in [6.07, 6.45) is -1.19. The molecule has 1 aromatic carbocycles. The van der Waals surface area contributed by atoms with Crippen LogP contribution in [0.3, 0.4) is 0 Å². The van der Waals surface area contributed by atoms with Crippen LogP contribution in [0.5, 0.6) is 5.75 Å². The van der Waals surface area contributed by atoms with Gasteiger partial charge in [-0.05, 0) is 47.2 Å². The van der Waals surface area contributed by atoms with E-state index >= 15 is 0 Å². The van der Waals surface area contributed by atoms with E-state index in [-0.39, 0.29) is 36.1 Å². The van der Waals surface area contributed by atoms with Gasteiger partial charge >= 0.3 is 5.97 Å². The number of aliphatic carboxylic acids is 1. The maximum atomic E-state index is 12.3. The molecule has 0 aromatic heterocycles. The monoisotopic (exact) mass is 577 g/mol. The van der Waals surface area contributed by atoms with E-state index in [1.165, 1.54) is 19.9 Å². The van der Waals surface area contributed by atoms with Gasteiger partial charge in [-0.25, -0.2) is 4.79 Å². The fraction of sp³-hybridized carbons (Fsp3) is 0.400. The molecule has 8 nitrogen and oxygen atoms in total. The highest BCUT2D eigenvalue weighted by Gasteiger charge is 2.29. The van der Waals surface area contributed by atoms with Crippen molar-refractivity contribution >= 4 is 40.4 Å². The zero-order valence-corrected chi connectivity index (χ0v) is 17.8. The normalized spacial score (nSPS) is 13.8. The molecule has 0 unspecified atom stereocenters. The lowest BCUT2D eigenvalue weighted by Gasteiger charge is -2.22. The Bertz CT molecular complexity index is 638. The Hall–Kier alpha value is -1.15. The van der Waals surface area contributed by atoms with Gasteiger partial charge in [0, 0.05) is 13.3 Å². The number of benzene rings is 1. The number of aliphatic hydroxyl groups excluding tert-OH is 1. The van der Waals surface area contributed by atoms with Crippen LogP contribution in [-0.4, -0.2) is 51.3 Å². The highest BCUT2D eigenvalue weighted by Crippen LogP contribution is 2.21. The van der Waals surface area contributed by atoms with E-state index in [4.69, 9.17) is 5.11 Å². The van der Waals surface area contributed by atoms with Crippen molar-refractivity contribution in [1.82, 2.24) is 10.6 Å². The first-order chi connectivity index (χ1) is 11.1. The summed E-state index contributed by atoms with van der Waals surface area (Å²) in [5.74, 6) is -2.45. The zero-order chi connectivity index (χ0) is 18.4. The summed E-state index contributed by atoms with van der Waals surface area (Å²) in [6.45, 7) is 2.49. The fourth-order valence-electron chi connectivity index (χ4n) is 2.01. The standard InChI is InChI=1S/C15H19IN2O6.HI/c1-7(19)13(15(23)24)18-14(22)11(17-8(2)20)6-9-3-4-12(21)10(16)5-9;/h3-5,7,11,13,19,21H,6H2,1-2H3,(H,17,20)(H,18,22)(H,23,24);1H/p-1/t7-,11+,13-;/m1./s1. The number of aliphatic hydroxyl groups is 1. The van der Waals surface area contributed by atoms with Crippen molar-refractivity contribution in [3.8, 4) is 5.75 Å². The molecule has 10 heteroatoms. The lowest BCUT2D eigenvalue weighted by molar-refractivity contribution is -0.145. The van der Waals surface area contributed by atoms with Gasteiger partial charge < -0.3 is 49.9 Å². The molecule has 1 aromatic rings. The third-order valence-corrected chi connectivity index (χ3v) is 4.06. The van der Waals surface area contributed by atoms with Gasteiger partial charge in [0.15, 0.2) is 6.04 Å². The lowest BCUT2D eigenvalue weighted by atomic mass is 10.0. The Kier molecular flexibility index (Phi) is 10.3. The smallest absolute Gasteiger partial charge is 0.328 e. The van der Waals surface area contributed by atoms with Crippen molar-refractivity contribution in [3.05, 3.63) is 27.3 Å². The lowest BCUT2D eigenvalue weighted by Crippen LogP contribution is -3.00. The SMILES string of the molecule is CC(=O)N[C@@H](Cc1ccc(O)c(I)c1)C(=O)N[C@@H](C(=O)O)[C@@H](C)O.[I-]. The number of carboxylic acid groups (broad SMARTS) is 1. The number of phenols is 1. The third kappa shape index (κ3) is 7.73. The third-order valence-electron chi connectivity index (χ3n) is 3.19. The molecule has 0 radical (unpaired) electrons. The summed E-state index contributed by atoms with van der Waals surface area (Å²) in [4.78, 5) is 34.7. The van der Waals surface area contributed by atoms with E-state index in [0.29, 0.717) is 9.13 Å². The molecule has 0 spiro atoms. The fourth-order valence-corrected chi connectivity index (χ4v) is 2.59. The van der Waals surface area contributed by atoms with Crippen LogP contribution in [0.4, 0.5) is 0 Å². The largest absolute Gasteiger partial charge is 1.00 e. The average Bonchev–Trinajstić information content (AvgIpc) is 2.46. The number of nitrogens with one attached hydrogen (secondary N) is 2. The van der Waals surface area contributed by atoms with Crippen molar-refractivity contribution in [2.75, 3.05) is 0 Å². The van der Waals surface area contributed by atoms with E-state index in [1.807, 2.05) is 22.6 Å². The molecule has 0 fully saturated rings. The molecule has 0 saturated heterocycles. The highest BCUT2D eigenvalue weighted by molar-refractivity contribution is 14.1. The van der Waals surface area contributed by atoms with Crippen LogP contribution >= 0.6 is 22.6 Å². The van der Waals surface area contributed by atoms with Crippen LogP contribution in [0, 0.1) is 3.57 Å². The molecule has 25 heavy (non-hydrogen) atoms. The minimum Gasteiger partial charge on any atom is -1.00 e. The van der Waals surface area contributed by atoms with Gasteiger partial charge in [-0.15, -0.1) is 0 Å². The number of aromatic hydroxyl groups is 1. The molecular formula is C15H19I2N2O6-. The maximum absolute atomic E-state index is 12.3. The topological polar surface area (TPSA) is 136 Å². The molecule has 0 aliphatic heterocycles. The second kappa shape index (κ2) is 10.8. The predicted octanol–water partition coefficient (Wildman–Crippen LogP) is -3.00. The van der Waals surface area contributed by atoms with Crippen molar-refractivity contribution in [3.63, 3.8) is 0 Å². The zero-order valence-electron chi connectivity index (χ0n) is 13.5. The molecule has 0 saturated carbocycles. The first-order valence-electron chi connectivity index (χ1n) is 7.07. The molecular weight excluding hydrogens is 558 g/mol. The van der Waals surface area contributed by atoms with E-state index in [1.54, 1.807) is 12.1 Å². The number of hydrogen-bond acceptors (Lipinski definition) is 5. The van der Waals surface area contributed by atoms with E-state index in [0.717, 1.165) is 0 Å². The predicted molar refractivity (Wildman–Crippen MR) is 93.4 cm³/mol. The van der Waals surface area contributed by atoms with E-state index in [9.17, 15) is 24.6 Å². The summed E-state index contributed by atoms with van der Waals surface area (Å²) in [7, 11) is 0. The molecule has 140 valence electrons. The average molecular weight is 577 g/mol. The number of carbonyl (C=O) groups excluding carboxylic acids is 2. The van der Waals surface area contributed by atoms with Crippen LogP contribution < -0.4 is 34.6 Å². The second-order valence-electron chi connectivity index (χ2n) is 5.31. The molecule has 3 atom stereocenters. The summed E-state index contributed by atoms with van der Waals surface area (Å²) in [6, 6.07) is 2.23.